The van der Waals surface area contributed by atoms with Crippen molar-refractivity contribution in [2.75, 3.05) is 20.3 Å². The summed E-state index contributed by atoms with van der Waals surface area (Å²) < 4.78 is 10.6. The summed E-state index contributed by atoms with van der Waals surface area (Å²) in [4.78, 5) is 11.7. The van der Waals surface area contributed by atoms with Crippen molar-refractivity contribution in [3.8, 4) is 0 Å². The maximum Gasteiger partial charge on any atom is 0.337 e. The fourth-order valence-electron chi connectivity index (χ4n) is 2.15. The second-order valence-corrected chi connectivity index (χ2v) is 4.57. The van der Waals surface area contributed by atoms with Gasteiger partial charge in [0.25, 0.3) is 0 Å². The van der Waals surface area contributed by atoms with E-state index in [1.165, 1.54) is 7.11 Å². The van der Waals surface area contributed by atoms with Crippen molar-refractivity contribution in [1.29, 1.82) is 0 Å². The standard InChI is InChI=1S/C17H19NO3.C2H6/c1-20-17(19)15-9-5-8-14(12-15)16(21-11-10-18)13-6-3-2-4-7-13;1-2/h2-9,12,16H,10-11,18H2,1H3;1-2H3. The van der Waals surface area contributed by atoms with Gasteiger partial charge in [-0.1, -0.05) is 56.3 Å². The van der Waals surface area contributed by atoms with Crippen LogP contribution in [0.15, 0.2) is 54.6 Å². The van der Waals surface area contributed by atoms with Crippen molar-refractivity contribution >= 4 is 5.97 Å². The van der Waals surface area contributed by atoms with E-state index < -0.39 is 0 Å². The van der Waals surface area contributed by atoms with E-state index in [-0.39, 0.29) is 12.1 Å². The molecule has 0 heterocycles. The lowest BCUT2D eigenvalue weighted by molar-refractivity contribution is 0.0599. The zero-order valence-corrected chi connectivity index (χ0v) is 14.0. The number of rotatable bonds is 6. The Kier molecular flexibility index (Phi) is 8.65. The number of hydrogen-bond acceptors (Lipinski definition) is 4. The Hall–Kier alpha value is -2.17. The molecule has 4 heteroatoms. The van der Waals surface area contributed by atoms with Gasteiger partial charge in [0.1, 0.15) is 6.10 Å². The summed E-state index contributed by atoms with van der Waals surface area (Å²) in [6.07, 6.45) is -0.251. The van der Waals surface area contributed by atoms with Crippen LogP contribution in [0, 0.1) is 0 Å². The number of nitrogens with two attached hydrogens (primary N) is 1. The lowest BCUT2D eigenvalue weighted by atomic mass is 9.99. The summed E-state index contributed by atoms with van der Waals surface area (Å²) in [5.41, 5.74) is 7.96. The van der Waals surface area contributed by atoms with Gasteiger partial charge in [-0.05, 0) is 23.3 Å². The van der Waals surface area contributed by atoms with Crippen LogP contribution in [0.25, 0.3) is 0 Å². The highest BCUT2D eigenvalue weighted by molar-refractivity contribution is 5.89. The van der Waals surface area contributed by atoms with Crippen molar-refractivity contribution in [2.24, 2.45) is 5.73 Å². The predicted molar refractivity (Wildman–Crippen MR) is 92.4 cm³/mol. The first-order valence-corrected chi connectivity index (χ1v) is 7.81. The van der Waals surface area contributed by atoms with Crippen LogP contribution in [-0.4, -0.2) is 26.2 Å². The Balaban J connectivity index is 0.00000127. The van der Waals surface area contributed by atoms with Crippen molar-refractivity contribution in [2.45, 2.75) is 20.0 Å². The average Bonchev–Trinajstić information content (AvgIpc) is 2.64. The van der Waals surface area contributed by atoms with Gasteiger partial charge >= 0.3 is 5.97 Å². The van der Waals surface area contributed by atoms with Gasteiger partial charge < -0.3 is 15.2 Å². The van der Waals surface area contributed by atoms with Crippen LogP contribution in [0.1, 0.15) is 41.4 Å². The van der Waals surface area contributed by atoms with E-state index in [2.05, 4.69) is 0 Å². The second kappa shape index (κ2) is 10.5. The topological polar surface area (TPSA) is 61.5 Å². The summed E-state index contributed by atoms with van der Waals surface area (Å²) in [6.45, 7) is 4.89. The lowest BCUT2D eigenvalue weighted by Gasteiger charge is -2.19. The quantitative estimate of drug-likeness (QED) is 0.828. The molecule has 0 amide bonds. The normalized spacial score (nSPS) is 11.1. The molecule has 0 aliphatic carbocycles. The van der Waals surface area contributed by atoms with Gasteiger partial charge in [0.15, 0.2) is 0 Å². The number of benzene rings is 2. The molecule has 0 radical (unpaired) electrons. The maximum absolute atomic E-state index is 11.7. The largest absolute Gasteiger partial charge is 0.465 e. The van der Waals surface area contributed by atoms with Crippen LogP contribution in [-0.2, 0) is 9.47 Å². The molecular formula is C19H25NO3. The van der Waals surface area contributed by atoms with Crippen molar-refractivity contribution in [3.63, 3.8) is 0 Å². The zero-order valence-electron chi connectivity index (χ0n) is 14.0. The van der Waals surface area contributed by atoms with Gasteiger partial charge in [0.05, 0.1) is 19.3 Å². The predicted octanol–water partition coefficient (Wildman–Crippen LogP) is 3.56. The van der Waals surface area contributed by atoms with Crippen molar-refractivity contribution in [3.05, 3.63) is 71.3 Å². The molecule has 124 valence electrons. The molecule has 0 bridgehead atoms. The second-order valence-electron chi connectivity index (χ2n) is 4.57. The van der Waals surface area contributed by atoms with Crippen molar-refractivity contribution in [1.82, 2.24) is 0 Å². The minimum atomic E-state index is -0.359. The molecule has 1 atom stereocenters. The number of hydrogen-bond donors (Lipinski definition) is 1. The number of esters is 1. The van der Waals surface area contributed by atoms with E-state index in [4.69, 9.17) is 15.2 Å². The summed E-state index contributed by atoms with van der Waals surface area (Å²) >= 11 is 0. The molecule has 2 aromatic rings. The van der Waals surface area contributed by atoms with Gasteiger partial charge in [-0.2, -0.15) is 0 Å². The van der Waals surface area contributed by atoms with Crippen LogP contribution in [0.4, 0.5) is 0 Å². The molecule has 0 saturated heterocycles. The minimum Gasteiger partial charge on any atom is -0.465 e. The van der Waals surface area contributed by atoms with Crippen LogP contribution >= 0.6 is 0 Å². The Morgan fingerprint density at radius 3 is 2.30 bits per heavy atom. The minimum absolute atomic E-state index is 0.251. The van der Waals surface area contributed by atoms with Crippen LogP contribution < -0.4 is 5.73 Å². The molecule has 2 aromatic carbocycles. The molecular weight excluding hydrogens is 290 g/mol. The Bertz CT molecular complexity index is 584. The Morgan fingerprint density at radius 2 is 1.70 bits per heavy atom. The Labute approximate surface area is 138 Å². The molecule has 0 aromatic heterocycles. The van der Waals surface area contributed by atoms with Crippen LogP contribution in [0.3, 0.4) is 0 Å². The molecule has 0 spiro atoms. The molecule has 0 fully saturated rings. The molecule has 23 heavy (non-hydrogen) atoms. The smallest absolute Gasteiger partial charge is 0.337 e. The summed E-state index contributed by atoms with van der Waals surface area (Å²) in [5, 5.41) is 0. The third kappa shape index (κ3) is 5.51. The third-order valence-corrected chi connectivity index (χ3v) is 3.12. The van der Waals surface area contributed by atoms with E-state index in [9.17, 15) is 4.79 Å². The first-order chi connectivity index (χ1) is 11.3. The third-order valence-electron chi connectivity index (χ3n) is 3.12. The lowest BCUT2D eigenvalue weighted by Crippen LogP contribution is -2.14. The molecule has 0 aliphatic rings. The molecule has 0 aliphatic heterocycles. The van der Waals surface area contributed by atoms with E-state index in [1.54, 1.807) is 12.1 Å². The summed E-state index contributed by atoms with van der Waals surface area (Å²) in [5.74, 6) is -0.359. The number of carbonyl (C=O) groups is 1. The summed E-state index contributed by atoms with van der Waals surface area (Å²) in [6, 6.07) is 17.1. The molecule has 0 saturated carbocycles. The number of carbonyl (C=O) groups excluding carboxylic acids is 1. The van der Waals surface area contributed by atoms with E-state index in [0.29, 0.717) is 18.7 Å². The Morgan fingerprint density at radius 1 is 1.04 bits per heavy atom. The van der Waals surface area contributed by atoms with E-state index >= 15 is 0 Å². The van der Waals surface area contributed by atoms with Crippen LogP contribution in [0.2, 0.25) is 0 Å². The van der Waals surface area contributed by atoms with Gasteiger partial charge in [-0.25, -0.2) is 4.79 Å². The number of ether oxygens (including phenoxy) is 2. The van der Waals surface area contributed by atoms with E-state index in [1.807, 2.05) is 56.3 Å². The highest BCUT2D eigenvalue weighted by Gasteiger charge is 2.16. The molecule has 2 rings (SSSR count). The first-order valence-electron chi connectivity index (χ1n) is 7.81. The highest BCUT2D eigenvalue weighted by Crippen LogP contribution is 2.26. The van der Waals surface area contributed by atoms with Crippen LogP contribution in [0.5, 0.6) is 0 Å². The van der Waals surface area contributed by atoms with E-state index in [0.717, 1.165) is 11.1 Å². The summed E-state index contributed by atoms with van der Waals surface area (Å²) in [7, 11) is 1.37. The van der Waals surface area contributed by atoms with Gasteiger partial charge in [0.2, 0.25) is 0 Å². The SMILES string of the molecule is CC.COC(=O)c1cccc(C(OCCN)c2ccccc2)c1. The monoisotopic (exact) mass is 315 g/mol. The fourth-order valence-corrected chi connectivity index (χ4v) is 2.15. The van der Waals surface area contributed by atoms with Gasteiger partial charge in [0, 0.05) is 6.54 Å². The number of methoxy groups -OCH3 is 1. The van der Waals surface area contributed by atoms with Crippen molar-refractivity contribution < 1.29 is 14.3 Å². The molecule has 1 unspecified atom stereocenters. The highest BCUT2D eigenvalue weighted by atomic mass is 16.5. The molecule has 4 nitrogen and oxygen atoms in total. The first kappa shape index (κ1) is 18.9. The van der Waals surface area contributed by atoms with Gasteiger partial charge in [-0.3, -0.25) is 0 Å². The molecule has 2 N–H and O–H groups in total. The van der Waals surface area contributed by atoms with Gasteiger partial charge in [-0.15, -0.1) is 0 Å². The maximum atomic E-state index is 11.7. The fraction of sp³-hybridized carbons (Fsp3) is 0.316. The average molecular weight is 315 g/mol. The zero-order chi connectivity index (χ0) is 17.1.